The van der Waals surface area contributed by atoms with Gasteiger partial charge in [-0.2, -0.15) is 0 Å². The van der Waals surface area contributed by atoms with Gasteiger partial charge < -0.3 is 5.11 Å². The van der Waals surface area contributed by atoms with Gasteiger partial charge in [-0.3, -0.25) is 9.69 Å². The number of likely N-dealkylation sites (tertiary alicyclic amines) is 1. The molecule has 0 spiro atoms. The molecule has 98 valence electrons. The van der Waals surface area contributed by atoms with Crippen LogP contribution in [0.25, 0.3) is 0 Å². The molecule has 1 fully saturated rings. The van der Waals surface area contributed by atoms with Gasteiger partial charge in [-0.1, -0.05) is 32.8 Å². The summed E-state index contributed by atoms with van der Waals surface area (Å²) >= 11 is 0. The van der Waals surface area contributed by atoms with Crippen LogP contribution in [0.5, 0.6) is 0 Å². The topological polar surface area (TPSA) is 40.5 Å². The van der Waals surface area contributed by atoms with Gasteiger partial charge >= 0.3 is 5.97 Å². The first-order valence-electron chi connectivity index (χ1n) is 6.66. The zero-order valence-corrected chi connectivity index (χ0v) is 11.1. The highest BCUT2D eigenvalue weighted by atomic mass is 16.4. The number of nitrogens with zero attached hydrogens (tertiary/aromatic N) is 1. The number of carbonyl (C=O) groups is 1. The average molecular weight is 239 g/mol. The molecule has 0 aromatic heterocycles. The third-order valence-corrected chi connectivity index (χ3v) is 3.75. The SMILES string of the molecule is C=CCC(C(=O)O)N1CC(CCC)(CCC)C1. The van der Waals surface area contributed by atoms with E-state index in [1.165, 1.54) is 25.7 Å². The Morgan fingerprint density at radius 1 is 1.41 bits per heavy atom. The number of carboxylic acids is 1. The zero-order valence-electron chi connectivity index (χ0n) is 11.1. The molecule has 1 aliphatic rings. The van der Waals surface area contributed by atoms with Crippen molar-refractivity contribution in [2.45, 2.75) is 52.0 Å². The lowest BCUT2D eigenvalue weighted by atomic mass is 9.72. The van der Waals surface area contributed by atoms with Crippen molar-refractivity contribution >= 4 is 5.97 Å². The predicted molar refractivity (Wildman–Crippen MR) is 70.1 cm³/mol. The average Bonchev–Trinajstić information content (AvgIpc) is 2.22. The van der Waals surface area contributed by atoms with Crippen LogP contribution in [0.4, 0.5) is 0 Å². The second-order valence-electron chi connectivity index (χ2n) is 5.28. The van der Waals surface area contributed by atoms with E-state index in [9.17, 15) is 9.90 Å². The molecule has 1 heterocycles. The van der Waals surface area contributed by atoms with Gasteiger partial charge in [0.25, 0.3) is 0 Å². The van der Waals surface area contributed by atoms with E-state index < -0.39 is 5.97 Å². The van der Waals surface area contributed by atoms with E-state index in [0.717, 1.165) is 13.1 Å². The molecule has 0 aliphatic carbocycles. The maximum absolute atomic E-state index is 11.2. The molecule has 1 atom stereocenters. The molecule has 0 aromatic rings. The van der Waals surface area contributed by atoms with E-state index in [2.05, 4.69) is 25.3 Å². The molecule has 1 aliphatic heterocycles. The van der Waals surface area contributed by atoms with Crippen LogP contribution in [0.1, 0.15) is 46.0 Å². The predicted octanol–water partition coefficient (Wildman–Crippen LogP) is 2.92. The maximum Gasteiger partial charge on any atom is 0.321 e. The molecule has 1 unspecified atom stereocenters. The lowest BCUT2D eigenvalue weighted by Gasteiger charge is -2.52. The minimum absolute atomic E-state index is 0.366. The van der Waals surface area contributed by atoms with Gasteiger partial charge in [-0.15, -0.1) is 6.58 Å². The van der Waals surface area contributed by atoms with E-state index in [1.807, 2.05) is 0 Å². The Hall–Kier alpha value is -0.830. The lowest BCUT2D eigenvalue weighted by molar-refractivity contribution is -0.150. The number of aliphatic carboxylic acids is 1. The largest absolute Gasteiger partial charge is 0.480 e. The molecular weight excluding hydrogens is 214 g/mol. The molecule has 3 heteroatoms. The third-order valence-electron chi connectivity index (χ3n) is 3.75. The zero-order chi connectivity index (χ0) is 12.9. The first kappa shape index (κ1) is 14.2. The molecule has 17 heavy (non-hydrogen) atoms. The van der Waals surface area contributed by atoms with Crippen molar-refractivity contribution in [3.05, 3.63) is 12.7 Å². The Morgan fingerprint density at radius 3 is 2.29 bits per heavy atom. The summed E-state index contributed by atoms with van der Waals surface area (Å²) in [7, 11) is 0. The molecule has 0 aromatic carbocycles. The molecule has 1 saturated heterocycles. The standard InChI is InChI=1S/C14H25NO2/c1-4-7-12(13(16)17)15-10-14(11-15,8-5-2)9-6-3/h4,12H,1,5-11H2,2-3H3,(H,16,17). The Kier molecular flexibility index (Phi) is 5.19. The maximum atomic E-state index is 11.2. The minimum Gasteiger partial charge on any atom is -0.480 e. The minimum atomic E-state index is -0.716. The fourth-order valence-electron chi connectivity index (χ4n) is 3.10. The molecule has 0 bridgehead atoms. The Bertz CT molecular complexity index is 261. The van der Waals surface area contributed by atoms with Crippen molar-refractivity contribution < 1.29 is 9.90 Å². The van der Waals surface area contributed by atoms with E-state index in [-0.39, 0.29) is 6.04 Å². The van der Waals surface area contributed by atoms with Crippen molar-refractivity contribution in [3.8, 4) is 0 Å². The lowest BCUT2D eigenvalue weighted by Crippen LogP contribution is -2.61. The second-order valence-corrected chi connectivity index (χ2v) is 5.28. The molecular formula is C14H25NO2. The highest BCUT2D eigenvalue weighted by molar-refractivity contribution is 5.73. The summed E-state index contributed by atoms with van der Waals surface area (Å²) in [5.41, 5.74) is 0.387. The highest BCUT2D eigenvalue weighted by Gasteiger charge is 2.45. The molecule has 3 nitrogen and oxygen atoms in total. The molecule has 1 N–H and O–H groups in total. The smallest absolute Gasteiger partial charge is 0.321 e. The number of carboxylic acid groups (broad SMARTS) is 1. The summed E-state index contributed by atoms with van der Waals surface area (Å²) in [6, 6.07) is -0.366. The second kappa shape index (κ2) is 6.20. The van der Waals surface area contributed by atoms with Gasteiger partial charge in [0.15, 0.2) is 0 Å². The quantitative estimate of drug-likeness (QED) is 0.662. The van der Waals surface area contributed by atoms with Gasteiger partial charge in [0.05, 0.1) is 0 Å². The summed E-state index contributed by atoms with van der Waals surface area (Å²) in [6.07, 6.45) is 7.07. The molecule has 0 amide bonds. The van der Waals surface area contributed by atoms with Crippen LogP contribution in [-0.2, 0) is 4.79 Å². The molecule has 0 saturated carbocycles. The molecule has 0 radical (unpaired) electrons. The first-order valence-corrected chi connectivity index (χ1v) is 6.66. The number of hydrogen-bond donors (Lipinski definition) is 1. The fraction of sp³-hybridized carbons (Fsp3) is 0.786. The van der Waals surface area contributed by atoms with Crippen LogP contribution in [0.15, 0.2) is 12.7 Å². The van der Waals surface area contributed by atoms with Gasteiger partial charge in [0.1, 0.15) is 6.04 Å². The van der Waals surface area contributed by atoms with E-state index in [4.69, 9.17) is 0 Å². The summed E-state index contributed by atoms with van der Waals surface area (Å²) in [5, 5.41) is 9.18. The van der Waals surface area contributed by atoms with Gasteiger partial charge in [0, 0.05) is 13.1 Å². The van der Waals surface area contributed by atoms with Crippen molar-refractivity contribution in [1.82, 2.24) is 4.90 Å². The summed E-state index contributed by atoms with van der Waals surface area (Å²) in [4.78, 5) is 13.3. The van der Waals surface area contributed by atoms with Crippen molar-refractivity contribution in [3.63, 3.8) is 0 Å². The summed E-state index contributed by atoms with van der Waals surface area (Å²) < 4.78 is 0. The summed E-state index contributed by atoms with van der Waals surface area (Å²) in [5.74, 6) is -0.716. The number of rotatable bonds is 8. The highest BCUT2D eigenvalue weighted by Crippen LogP contribution is 2.40. The normalized spacial score (nSPS) is 20.6. The van der Waals surface area contributed by atoms with E-state index in [0.29, 0.717) is 11.8 Å². The van der Waals surface area contributed by atoms with E-state index >= 15 is 0 Å². The third kappa shape index (κ3) is 3.32. The van der Waals surface area contributed by atoms with Crippen LogP contribution in [-0.4, -0.2) is 35.1 Å². The van der Waals surface area contributed by atoms with Gasteiger partial charge in [0.2, 0.25) is 0 Å². The number of hydrogen-bond acceptors (Lipinski definition) is 2. The Balaban J connectivity index is 2.56. The summed E-state index contributed by atoms with van der Waals surface area (Å²) in [6.45, 7) is 9.94. The van der Waals surface area contributed by atoms with Crippen molar-refractivity contribution in [1.29, 1.82) is 0 Å². The Labute approximate surface area is 105 Å². The van der Waals surface area contributed by atoms with Gasteiger partial charge in [-0.05, 0) is 24.7 Å². The fourth-order valence-corrected chi connectivity index (χ4v) is 3.10. The van der Waals surface area contributed by atoms with Crippen molar-refractivity contribution in [2.75, 3.05) is 13.1 Å². The first-order chi connectivity index (χ1) is 8.08. The van der Waals surface area contributed by atoms with Crippen molar-refractivity contribution in [2.24, 2.45) is 5.41 Å². The van der Waals surface area contributed by atoms with Crippen LogP contribution in [0.3, 0.4) is 0 Å². The van der Waals surface area contributed by atoms with Crippen LogP contribution in [0, 0.1) is 5.41 Å². The monoisotopic (exact) mass is 239 g/mol. The Morgan fingerprint density at radius 2 is 1.94 bits per heavy atom. The van der Waals surface area contributed by atoms with Gasteiger partial charge in [-0.25, -0.2) is 0 Å². The van der Waals surface area contributed by atoms with E-state index in [1.54, 1.807) is 6.08 Å². The van der Waals surface area contributed by atoms with Crippen LogP contribution in [0.2, 0.25) is 0 Å². The molecule has 1 rings (SSSR count). The van der Waals surface area contributed by atoms with Crippen LogP contribution >= 0.6 is 0 Å². The van der Waals surface area contributed by atoms with Crippen LogP contribution < -0.4 is 0 Å².